The number of rotatable bonds is 3. The molecular weight excluding hydrogens is 361 g/mol. The molecule has 2 N–H and O–H groups in total. The highest BCUT2D eigenvalue weighted by Gasteiger charge is 2.52. The molecule has 0 saturated heterocycles. The fraction of sp³-hybridized carbons (Fsp3) is 0.444. The van der Waals surface area contributed by atoms with Gasteiger partial charge in [0.2, 0.25) is 0 Å². The largest absolute Gasteiger partial charge is 0.358 e. The van der Waals surface area contributed by atoms with Crippen LogP contribution in [0, 0.1) is 23.7 Å². The van der Waals surface area contributed by atoms with Crippen LogP contribution in [0.1, 0.15) is 24.8 Å². The molecule has 4 rings (SSSR count). The van der Waals surface area contributed by atoms with E-state index in [1.54, 1.807) is 18.3 Å². The second kappa shape index (κ2) is 6.66. The first-order valence-corrected chi connectivity index (χ1v) is 9.49. The van der Waals surface area contributed by atoms with Crippen molar-refractivity contribution in [3.63, 3.8) is 0 Å². The third-order valence-corrected chi connectivity index (χ3v) is 6.60. The van der Waals surface area contributed by atoms with Gasteiger partial charge in [0.15, 0.2) is 5.11 Å². The molecule has 0 aromatic heterocycles. The standard InChI is InChI=1S/C18H19Cl2N3S/c19-15-5-4-10(6-16(15)20)9-21-23-18(24)22-17-8-11-7-14(17)13-3-1-2-12(11)13/h1,3-6,9,11-14,17H,2,7-8H2,(H2,22,23,24)/b21-9-/t11-,12-,13+,14+,17+/m1/s1. The van der Waals surface area contributed by atoms with Crippen molar-refractivity contribution in [3.05, 3.63) is 46.0 Å². The molecule has 1 aromatic rings. The topological polar surface area (TPSA) is 36.4 Å². The van der Waals surface area contributed by atoms with E-state index in [4.69, 9.17) is 35.4 Å². The monoisotopic (exact) mass is 379 g/mol. The first-order chi connectivity index (χ1) is 11.6. The molecule has 2 saturated carbocycles. The van der Waals surface area contributed by atoms with Gasteiger partial charge >= 0.3 is 0 Å². The van der Waals surface area contributed by atoms with Gasteiger partial charge in [0.05, 0.1) is 16.3 Å². The number of hydrogen-bond acceptors (Lipinski definition) is 2. The van der Waals surface area contributed by atoms with Gasteiger partial charge in [-0.3, -0.25) is 5.43 Å². The summed E-state index contributed by atoms with van der Waals surface area (Å²) in [5.41, 5.74) is 3.78. The lowest BCUT2D eigenvalue weighted by Gasteiger charge is -2.32. The van der Waals surface area contributed by atoms with Crippen LogP contribution in [0.2, 0.25) is 10.0 Å². The molecule has 6 heteroatoms. The third kappa shape index (κ3) is 3.07. The number of thiocarbonyl (C=S) groups is 1. The highest BCUT2D eigenvalue weighted by atomic mass is 35.5. The Labute approximate surface area is 157 Å². The maximum absolute atomic E-state index is 5.99. The van der Waals surface area contributed by atoms with E-state index in [1.807, 2.05) is 6.07 Å². The lowest BCUT2D eigenvalue weighted by Crippen LogP contribution is -2.45. The highest BCUT2D eigenvalue weighted by molar-refractivity contribution is 7.80. The van der Waals surface area contributed by atoms with Crippen molar-refractivity contribution in [2.24, 2.45) is 28.8 Å². The van der Waals surface area contributed by atoms with Crippen molar-refractivity contribution >= 4 is 46.7 Å². The van der Waals surface area contributed by atoms with Crippen LogP contribution in [0.3, 0.4) is 0 Å². The van der Waals surface area contributed by atoms with Crippen molar-refractivity contribution in [1.29, 1.82) is 0 Å². The summed E-state index contributed by atoms with van der Waals surface area (Å²) in [7, 11) is 0. The third-order valence-electron chi connectivity index (χ3n) is 5.65. The average Bonchev–Trinajstić information content (AvgIpc) is 3.23. The van der Waals surface area contributed by atoms with Crippen LogP contribution < -0.4 is 10.7 Å². The van der Waals surface area contributed by atoms with Crippen molar-refractivity contribution in [3.8, 4) is 0 Å². The maximum Gasteiger partial charge on any atom is 0.187 e. The Morgan fingerprint density at radius 1 is 1.21 bits per heavy atom. The smallest absolute Gasteiger partial charge is 0.187 e. The predicted octanol–water partition coefficient (Wildman–Crippen LogP) is 4.39. The fourth-order valence-corrected chi connectivity index (χ4v) is 5.18. The first-order valence-electron chi connectivity index (χ1n) is 8.33. The van der Waals surface area contributed by atoms with E-state index in [-0.39, 0.29) is 0 Å². The van der Waals surface area contributed by atoms with Crippen LogP contribution >= 0.6 is 35.4 Å². The van der Waals surface area contributed by atoms with Gasteiger partial charge < -0.3 is 5.32 Å². The Hall–Kier alpha value is -1.10. The second-order valence-corrected chi connectivity index (χ2v) is 8.15. The summed E-state index contributed by atoms with van der Waals surface area (Å²) < 4.78 is 0. The van der Waals surface area contributed by atoms with Gasteiger partial charge in [-0.2, -0.15) is 5.10 Å². The quantitative estimate of drug-likeness (QED) is 0.353. The van der Waals surface area contributed by atoms with E-state index in [0.717, 1.165) is 29.2 Å². The molecule has 2 bridgehead atoms. The molecule has 0 radical (unpaired) electrons. The number of fused-ring (bicyclic) bond motifs is 5. The van der Waals surface area contributed by atoms with E-state index in [9.17, 15) is 0 Å². The van der Waals surface area contributed by atoms with Gasteiger partial charge in [-0.05, 0) is 72.8 Å². The minimum atomic E-state index is 0.471. The Morgan fingerprint density at radius 3 is 2.92 bits per heavy atom. The van der Waals surface area contributed by atoms with E-state index >= 15 is 0 Å². The van der Waals surface area contributed by atoms with Crippen LogP contribution in [-0.2, 0) is 0 Å². The summed E-state index contributed by atoms with van der Waals surface area (Å²) >= 11 is 17.3. The van der Waals surface area contributed by atoms with Gasteiger partial charge in [0.25, 0.3) is 0 Å². The molecule has 126 valence electrons. The molecule has 2 fully saturated rings. The number of halogens is 2. The van der Waals surface area contributed by atoms with E-state index in [0.29, 0.717) is 21.2 Å². The van der Waals surface area contributed by atoms with Crippen LogP contribution in [0.4, 0.5) is 0 Å². The zero-order valence-corrected chi connectivity index (χ0v) is 15.4. The summed E-state index contributed by atoms with van der Waals surface area (Å²) in [6, 6.07) is 5.86. The Morgan fingerprint density at radius 2 is 2.08 bits per heavy atom. The fourth-order valence-electron chi connectivity index (χ4n) is 4.67. The first kappa shape index (κ1) is 16.4. The average molecular weight is 380 g/mol. The molecule has 5 atom stereocenters. The minimum Gasteiger partial charge on any atom is -0.358 e. The lowest BCUT2D eigenvalue weighted by molar-refractivity contribution is 0.246. The number of nitrogens with zero attached hydrogens (tertiary/aromatic N) is 1. The SMILES string of the molecule is S=C(N/N=C\c1ccc(Cl)c(Cl)c1)N[C@H]1C[C@H]2C[C@H]1[C@H]1C=CC[C@H]21. The van der Waals surface area contributed by atoms with Crippen LogP contribution in [0.5, 0.6) is 0 Å². The van der Waals surface area contributed by atoms with Crippen LogP contribution in [-0.4, -0.2) is 17.4 Å². The molecular formula is C18H19Cl2N3S. The van der Waals surface area contributed by atoms with E-state index in [1.165, 1.54) is 19.3 Å². The summed E-state index contributed by atoms with van der Waals surface area (Å²) in [4.78, 5) is 0. The van der Waals surface area contributed by atoms with Crippen molar-refractivity contribution < 1.29 is 0 Å². The second-order valence-electron chi connectivity index (χ2n) is 6.92. The number of hydrazone groups is 1. The molecule has 0 amide bonds. The summed E-state index contributed by atoms with van der Waals surface area (Å²) in [6.45, 7) is 0. The molecule has 3 aliphatic carbocycles. The summed E-state index contributed by atoms with van der Waals surface area (Å²) in [5, 5.41) is 9.28. The molecule has 1 aromatic carbocycles. The van der Waals surface area contributed by atoms with E-state index < -0.39 is 0 Å². The number of hydrogen-bond donors (Lipinski definition) is 2. The van der Waals surface area contributed by atoms with Gasteiger partial charge in [-0.1, -0.05) is 41.4 Å². The molecule has 0 heterocycles. The van der Waals surface area contributed by atoms with Crippen LogP contribution in [0.15, 0.2) is 35.5 Å². The Balaban J connectivity index is 1.30. The summed E-state index contributed by atoms with van der Waals surface area (Å²) in [5.74, 6) is 3.22. The van der Waals surface area contributed by atoms with Gasteiger partial charge in [0.1, 0.15) is 0 Å². The van der Waals surface area contributed by atoms with Gasteiger partial charge in [0, 0.05) is 6.04 Å². The summed E-state index contributed by atoms with van der Waals surface area (Å²) in [6.07, 6.45) is 10.3. The van der Waals surface area contributed by atoms with Gasteiger partial charge in [-0.15, -0.1) is 0 Å². The van der Waals surface area contributed by atoms with E-state index in [2.05, 4.69) is 28.0 Å². The molecule has 3 aliphatic rings. The number of nitrogens with one attached hydrogen (secondary N) is 2. The normalized spacial score (nSPS) is 33.2. The Kier molecular flexibility index (Phi) is 4.54. The maximum atomic E-state index is 5.99. The lowest BCUT2D eigenvalue weighted by atomic mass is 9.79. The molecule has 0 unspecified atom stereocenters. The Bertz CT molecular complexity index is 718. The minimum absolute atomic E-state index is 0.471. The molecule has 24 heavy (non-hydrogen) atoms. The number of allylic oxidation sites excluding steroid dienone is 2. The molecule has 0 aliphatic heterocycles. The number of benzene rings is 1. The van der Waals surface area contributed by atoms with Crippen molar-refractivity contribution in [2.75, 3.05) is 0 Å². The van der Waals surface area contributed by atoms with Crippen molar-refractivity contribution in [2.45, 2.75) is 25.3 Å². The van der Waals surface area contributed by atoms with Crippen molar-refractivity contribution in [1.82, 2.24) is 10.7 Å². The molecule has 0 spiro atoms. The highest BCUT2D eigenvalue weighted by Crippen LogP contribution is 2.56. The zero-order chi connectivity index (χ0) is 16.7. The van der Waals surface area contributed by atoms with Crippen LogP contribution in [0.25, 0.3) is 0 Å². The predicted molar refractivity (Wildman–Crippen MR) is 104 cm³/mol. The van der Waals surface area contributed by atoms with Gasteiger partial charge in [-0.25, -0.2) is 0 Å². The molecule has 3 nitrogen and oxygen atoms in total. The zero-order valence-electron chi connectivity index (χ0n) is 13.1.